The summed E-state index contributed by atoms with van der Waals surface area (Å²) in [6.45, 7) is 3.51. The Balaban J connectivity index is 1.56. The fourth-order valence-electron chi connectivity index (χ4n) is 3.39. The SMILES string of the molecule is NCCN1CCC(Nc2nc3cncnc3n2Cc2cccs2)CC1I. The molecule has 0 saturated carbocycles. The number of aromatic nitrogens is 4. The van der Waals surface area contributed by atoms with Gasteiger partial charge in [0.15, 0.2) is 5.65 Å². The lowest BCUT2D eigenvalue weighted by Crippen LogP contribution is -2.45. The van der Waals surface area contributed by atoms with Crippen LogP contribution < -0.4 is 11.1 Å². The van der Waals surface area contributed by atoms with Gasteiger partial charge in [0.25, 0.3) is 0 Å². The van der Waals surface area contributed by atoms with Gasteiger partial charge in [-0.3, -0.25) is 9.47 Å². The lowest BCUT2D eigenvalue weighted by atomic mass is 10.1. The van der Waals surface area contributed by atoms with Crippen LogP contribution in [0.3, 0.4) is 0 Å². The zero-order valence-corrected chi connectivity index (χ0v) is 17.4. The number of nitrogens with one attached hydrogen (secondary N) is 1. The molecule has 0 spiro atoms. The molecule has 0 bridgehead atoms. The number of fused-ring (bicyclic) bond motifs is 1. The quantitative estimate of drug-likeness (QED) is 0.319. The lowest BCUT2D eigenvalue weighted by molar-refractivity contribution is 0.212. The summed E-state index contributed by atoms with van der Waals surface area (Å²) < 4.78 is 2.66. The Bertz CT molecular complexity index is 850. The van der Waals surface area contributed by atoms with Crippen LogP contribution >= 0.6 is 33.9 Å². The van der Waals surface area contributed by atoms with Crippen LogP contribution in [-0.4, -0.2) is 54.1 Å². The summed E-state index contributed by atoms with van der Waals surface area (Å²) in [6.07, 6.45) is 5.54. The van der Waals surface area contributed by atoms with Gasteiger partial charge in [0.05, 0.1) is 16.8 Å². The molecule has 3 aromatic rings. The minimum atomic E-state index is 0.401. The Labute approximate surface area is 170 Å². The minimum absolute atomic E-state index is 0.401. The second kappa shape index (κ2) is 8.15. The largest absolute Gasteiger partial charge is 0.353 e. The van der Waals surface area contributed by atoms with Crippen molar-refractivity contribution < 1.29 is 0 Å². The van der Waals surface area contributed by atoms with Gasteiger partial charge < -0.3 is 11.1 Å². The molecule has 2 unspecified atom stereocenters. The van der Waals surface area contributed by atoms with Crippen molar-refractivity contribution in [3.8, 4) is 0 Å². The Morgan fingerprint density at radius 1 is 1.42 bits per heavy atom. The van der Waals surface area contributed by atoms with Crippen molar-refractivity contribution in [2.75, 3.05) is 25.0 Å². The van der Waals surface area contributed by atoms with E-state index in [1.165, 1.54) is 4.88 Å². The average molecular weight is 483 g/mol. The van der Waals surface area contributed by atoms with Crippen LogP contribution in [0.4, 0.5) is 5.95 Å². The van der Waals surface area contributed by atoms with Gasteiger partial charge in [-0.25, -0.2) is 15.0 Å². The number of likely N-dealkylation sites (tertiary alicyclic amines) is 1. The molecule has 138 valence electrons. The first-order valence-electron chi connectivity index (χ1n) is 8.78. The van der Waals surface area contributed by atoms with E-state index in [9.17, 15) is 0 Å². The summed E-state index contributed by atoms with van der Waals surface area (Å²) in [6, 6.07) is 4.63. The molecule has 0 aromatic carbocycles. The van der Waals surface area contributed by atoms with E-state index < -0.39 is 0 Å². The summed E-state index contributed by atoms with van der Waals surface area (Å²) in [5.74, 6) is 0.884. The number of thiophene rings is 1. The van der Waals surface area contributed by atoms with Gasteiger partial charge in [-0.1, -0.05) is 28.7 Å². The molecule has 2 atom stereocenters. The van der Waals surface area contributed by atoms with E-state index in [1.807, 2.05) is 0 Å². The standard InChI is InChI=1S/C17H22IN7S/c18-15-8-12(3-5-24(15)6-4-19)22-17-23-14-9-20-11-21-16(14)25(17)10-13-2-1-7-26-13/h1-2,7,9,11-12,15H,3-6,8,10,19H2,(H,22,23). The summed E-state index contributed by atoms with van der Waals surface area (Å²) in [4.78, 5) is 17.1. The zero-order chi connectivity index (χ0) is 17.9. The third kappa shape index (κ3) is 3.85. The molecular formula is C17H22IN7S. The number of alkyl halides is 1. The second-order valence-corrected chi connectivity index (χ2v) is 8.93. The smallest absolute Gasteiger partial charge is 0.205 e. The maximum atomic E-state index is 5.72. The second-order valence-electron chi connectivity index (χ2n) is 6.46. The molecule has 3 N–H and O–H groups in total. The van der Waals surface area contributed by atoms with Crippen molar-refractivity contribution in [3.05, 3.63) is 34.9 Å². The lowest BCUT2D eigenvalue weighted by Gasteiger charge is -2.36. The van der Waals surface area contributed by atoms with Crippen molar-refractivity contribution in [1.82, 2.24) is 24.4 Å². The van der Waals surface area contributed by atoms with Gasteiger partial charge in [0.1, 0.15) is 11.8 Å². The van der Waals surface area contributed by atoms with Crippen molar-refractivity contribution in [2.45, 2.75) is 29.5 Å². The van der Waals surface area contributed by atoms with Crippen LogP contribution in [0.1, 0.15) is 17.7 Å². The monoisotopic (exact) mass is 483 g/mol. The molecule has 3 aromatic heterocycles. The number of piperidine rings is 1. The highest BCUT2D eigenvalue weighted by atomic mass is 127. The first-order chi connectivity index (χ1) is 12.7. The number of anilines is 1. The molecule has 9 heteroatoms. The van der Waals surface area contributed by atoms with Crippen LogP contribution in [0, 0.1) is 0 Å². The Hall–Kier alpha value is -1.30. The van der Waals surface area contributed by atoms with E-state index in [0.717, 1.165) is 49.6 Å². The van der Waals surface area contributed by atoms with Crippen molar-refractivity contribution >= 4 is 51.0 Å². The Kier molecular flexibility index (Phi) is 5.67. The summed E-state index contributed by atoms with van der Waals surface area (Å²) >= 11 is 4.27. The first kappa shape index (κ1) is 18.1. The summed E-state index contributed by atoms with van der Waals surface area (Å²) in [5, 5.41) is 5.77. The molecule has 4 heterocycles. The van der Waals surface area contributed by atoms with E-state index in [4.69, 9.17) is 10.7 Å². The number of rotatable bonds is 6. The van der Waals surface area contributed by atoms with Gasteiger partial charge in [-0.05, 0) is 24.3 Å². The fourth-order valence-corrected chi connectivity index (χ4v) is 5.25. The normalized spacial score (nSPS) is 21.3. The summed E-state index contributed by atoms with van der Waals surface area (Å²) in [7, 11) is 0. The van der Waals surface area contributed by atoms with Gasteiger partial charge in [0, 0.05) is 30.6 Å². The Morgan fingerprint density at radius 2 is 2.35 bits per heavy atom. The maximum Gasteiger partial charge on any atom is 0.205 e. The predicted octanol–water partition coefficient (Wildman–Crippen LogP) is 2.53. The molecular weight excluding hydrogens is 461 g/mol. The number of imidazole rings is 1. The van der Waals surface area contributed by atoms with Gasteiger partial charge >= 0.3 is 0 Å². The number of nitrogens with zero attached hydrogens (tertiary/aromatic N) is 5. The van der Waals surface area contributed by atoms with Crippen LogP contribution in [-0.2, 0) is 6.54 Å². The maximum absolute atomic E-state index is 5.72. The van der Waals surface area contributed by atoms with Crippen LogP contribution in [0.2, 0.25) is 0 Å². The van der Waals surface area contributed by atoms with Crippen LogP contribution in [0.5, 0.6) is 0 Å². The third-order valence-electron chi connectivity index (χ3n) is 4.69. The predicted molar refractivity (Wildman–Crippen MR) is 114 cm³/mol. The van der Waals surface area contributed by atoms with Crippen LogP contribution in [0.15, 0.2) is 30.0 Å². The zero-order valence-electron chi connectivity index (χ0n) is 14.4. The molecule has 4 rings (SSSR count). The highest BCUT2D eigenvalue weighted by Gasteiger charge is 2.27. The highest BCUT2D eigenvalue weighted by Crippen LogP contribution is 2.27. The van der Waals surface area contributed by atoms with Gasteiger partial charge in [0.2, 0.25) is 5.95 Å². The number of nitrogens with two attached hydrogens (primary N) is 1. The molecule has 1 saturated heterocycles. The van der Waals surface area contributed by atoms with E-state index in [-0.39, 0.29) is 0 Å². The van der Waals surface area contributed by atoms with Gasteiger partial charge in [-0.2, -0.15) is 0 Å². The fraction of sp³-hybridized carbons (Fsp3) is 0.471. The van der Waals surface area contributed by atoms with Crippen molar-refractivity contribution in [3.63, 3.8) is 0 Å². The summed E-state index contributed by atoms with van der Waals surface area (Å²) in [5.41, 5.74) is 7.43. The van der Waals surface area contributed by atoms with E-state index in [1.54, 1.807) is 23.9 Å². The molecule has 1 aliphatic rings. The van der Waals surface area contributed by atoms with E-state index >= 15 is 0 Å². The van der Waals surface area contributed by atoms with Crippen molar-refractivity contribution in [2.24, 2.45) is 5.73 Å². The molecule has 7 nitrogen and oxygen atoms in total. The molecule has 0 aliphatic carbocycles. The topological polar surface area (TPSA) is 84.9 Å². The third-order valence-corrected chi connectivity index (χ3v) is 6.85. The van der Waals surface area contributed by atoms with Crippen molar-refractivity contribution in [1.29, 1.82) is 0 Å². The molecule has 1 fully saturated rings. The minimum Gasteiger partial charge on any atom is -0.353 e. The number of hydrogen-bond donors (Lipinski definition) is 2. The Morgan fingerprint density at radius 3 is 3.12 bits per heavy atom. The molecule has 26 heavy (non-hydrogen) atoms. The van der Waals surface area contributed by atoms with Crippen LogP contribution in [0.25, 0.3) is 11.2 Å². The molecule has 0 radical (unpaired) electrons. The number of hydrogen-bond acceptors (Lipinski definition) is 7. The highest BCUT2D eigenvalue weighted by molar-refractivity contribution is 14.1. The number of halogens is 1. The average Bonchev–Trinajstić information content (AvgIpc) is 3.27. The molecule has 1 aliphatic heterocycles. The first-order valence-corrected chi connectivity index (χ1v) is 10.9. The van der Waals surface area contributed by atoms with E-state index in [2.05, 4.69) is 64.9 Å². The van der Waals surface area contributed by atoms with E-state index in [0.29, 0.717) is 16.6 Å². The molecule has 0 amide bonds. The van der Waals surface area contributed by atoms with Gasteiger partial charge in [-0.15, -0.1) is 11.3 Å².